The molecule has 0 saturated carbocycles. The zero-order chi connectivity index (χ0) is 22.7. The summed E-state index contributed by atoms with van der Waals surface area (Å²) >= 11 is 0. The zero-order valence-electron chi connectivity index (χ0n) is 17.7. The van der Waals surface area contributed by atoms with Crippen molar-refractivity contribution in [1.29, 1.82) is 0 Å². The number of rotatable bonds is 8. The van der Waals surface area contributed by atoms with Crippen LogP contribution < -0.4 is 19.9 Å². The van der Waals surface area contributed by atoms with Crippen molar-refractivity contribution in [3.8, 4) is 28.5 Å². The van der Waals surface area contributed by atoms with Crippen LogP contribution in [0.15, 0.2) is 42.5 Å². The minimum absolute atomic E-state index is 0.0154. The number of aromatic nitrogens is 1. The van der Waals surface area contributed by atoms with Crippen LogP contribution in [0.5, 0.6) is 17.2 Å². The maximum Gasteiger partial charge on any atom is 0.269 e. The Hall–Kier alpha value is -4.01. The minimum atomic E-state index is -0.552. The van der Waals surface area contributed by atoms with Gasteiger partial charge in [-0.15, -0.1) is 0 Å². The molecule has 1 heterocycles. The van der Waals surface area contributed by atoms with Crippen molar-refractivity contribution >= 4 is 11.6 Å². The van der Waals surface area contributed by atoms with E-state index < -0.39 is 10.8 Å². The van der Waals surface area contributed by atoms with Gasteiger partial charge in [0.1, 0.15) is 0 Å². The van der Waals surface area contributed by atoms with Gasteiger partial charge in [-0.05, 0) is 48.4 Å². The van der Waals surface area contributed by atoms with Crippen molar-refractivity contribution in [3.05, 3.63) is 69.4 Å². The number of ether oxygens (including phenoxy) is 3. The number of carbonyl (C=O) groups is 1. The summed E-state index contributed by atoms with van der Waals surface area (Å²) in [5, 5.41) is 11.0. The van der Waals surface area contributed by atoms with E-state index in [2.05, 4.69) is 0 Å². The Bertz CT molecular complexity index is 1110. The van der Waals surface area contributed by atoms with Crippen LogP contribution in [0.2, 0.25) is 0 Å². The highest BCUT2D eigenvalue weighted by Gasteiger charge is 2.20. The average Bonchev–Trinajstić information content (AvgIpc) is 3.09. The molecule has 31 heavy (non-hydrogen) atoms. The van der Waals surface area contributed by atoms with Crippen LogP contribution in [0.3, 0.4) is 0 Å². The molecule has 0 bridgehead atoms. The number of amides is 1. The van der Waals surface area contributed by atoms with Crippen molar-refractivity contribution < 1.29 is 23.9 Å². The van der Waals surface area contributed by atoms with Crippen LogP contribution in [-0.4, -0.2) is 36.7 Å². The number of non-ortho nitro benzene ring substituents is 1. The molecule has 0 atom stereocenters. The number of nitro groups is 1. The maximum absolute atomic E-state index is 12.0. The number of nitrogens with two attached hydrogens (primary N) is 1. The van der Waals surface area contributed by atoms with Crippen LogP contribution in [-0.2, 0) is 6.54 Å². The Balaban J connectivity index is 2.13. The molecule has 0 spiro atoms. The highest BCUT2D eigenvalue weighted by molar-refractivity contribution is 5.95. The SMILES string of the molecule is COc1cc(Cn2c(-c3ccc([N+](=O)[O-])cc3)cc(C(N)=O)c2C)cc(OC)c1OC. The normalized spacial score (nSPS) is 10.6. The van der Waals surface area contributed by atoms with E-state index in [9.17, 15) is 14.9 Å². The van der Waals surface area contributed by atoms with E-state index in [1.807, 2.05) is 16.7 Å². The molecule has 0 aliphatic rings. The fourth-order valence-corrected chi connectivity index (χ4v) is 3.50. The molecule has 3 aromatic rings. The van der Waals surface area contributed by atoms with Gasteiger partial charge in [0.15, 0.2) is 11.5 Å². The van der Waals surface area contributed by atoms with E-state index in [-0.39, 0.29) is 5.69 Å². The Morgan fingerprint density at radius 3 is 2.06 bits per heavy atom. The average molecular weight is 425 g/mol. The van der Waals surface area contributed by atoms with Gasteiger partial charge in [-0.2, -0.15) is 0 Å². The van der Waals surface area contributed by atoms with E-state index in [0.29, 0.717) is 46.3 Å². The second-order valence-electron chi connectivity index (χ2n) is 6.82. The molecule has 0 saturated heterocycles. The summed E-state index contributed by atoms with van der Waals surface area (Å²) < 4.78 is 18.1. The molecule has 2 N–H and O–H groups in total. The standard InChI is InChI=1S/C22H23N3O6/c1-13-17(22(23)26)11-18(15-5-7-16(8-6-15)25(27)28)24(13)12-14-9-19(29-2)21(31-4)20(10-14)30-3/h5-11H,12H2,1-4H3,(H2,23,26). The molecule has 2 aromatic carbocycles. The third-order valence-electron chi connectivity index (χ3n) is 5.07. The monoisotopic (exact) mass is 425 g/mol. The van der Waals surface area contributed by atoms with Crippen molar-refractivity contribution in [3.63, 3.8) is 0 Å². The van der Waals surface area contributed by atoms with Crippen molar-refractivity contribution in [1.82, 2.24) is 4.57 Å². The molecule has 3 rings (SSSR count). The predicted octanol–water partition coefficient (Wildman–Crippen LogP) is 3.54. The maximum atomic E-state index is 12.0. The van der Waals surface area contributed by atoms with Crippen molar-refractivity contribution in [2.24, 2.45) is 5.73 Å². The first-order valence-corrected chi connectivity index (χ1v) is 9.34. The molecule has 0 fully saturated rings. The number of methoxy groups -OCH3 is 3. The fraction of sp³-hybridized carbons (Fsp3) is 0.227. The lowest BCUT2D eigenvalue weighted by molar-refractivity contribution is -0.384. The summed E-state index contributed by atoms with van der Waals surface area (Å²) in [5.74, 6) is 0.943. The van der Waals surface area contributed by atoms with Crippen LogP contribution in [0, 0.1) is 17.0 Å². The minimum Gasteiger partial charge on any atom is -0.493 e. The van der Waals surface area contributed by atoms with E-state index >= 15 is 0 Å². The molecule has 0 aliphatic heterocycles. The zero-order valence-corrected chi connectivity index (χ0v) is 17.7. The third kappa shape index (κ3) is 4.16. The number of hydrogen-bond acceptors (Lipinski definition) is 6. The highest BCUT2D eigenvalue weighted by Crippen LogP contribution is 2.39. The quantitative estimate of drug-likeness (QED) is 0.435. The first kappa shape index (κ1) is 21.7. The molecule has 9 heteroatoms. The second-order valence-corrected chi connectivity index (χ2v) is 6.82. The number of carbonyl (C=O) groups excluding carboxylic acids is 1. The van der Waals surface area contributed by atoms with Gasteiger partial charge in [0.2, 0.25) is 5.75 Å². The summed E-state index contributed by atoms with van der Waals surface area (Å²) in [6, 6.07) is 11.5. The largest absolute Gasteiger partial charge is 0.493 e. The van der Waals surface area contributed by atoms with E-state index in [0.717, 1.165) is 5.56 Å². The van der Waals surface area contributed by atoms with Crippen LogP contribution in [0.1, 0.15) is 21.6 Å². The number of primary amides is 1. The number of nitrogens with zero attached hydrogens (tertiary/aromatic N) is 2. The lowest BCUT2D eigenvalue weighted by atomic mass is 10.1. The summed E-state index contributed by atoms with van der Waals surface area (Å²) in [6.07, 6.45) is 0. The first-order chi connectivity index (χ1) is 14.8. The van der Waals surface area contributed by atoms with Crippen LogP contribution in [0.25, 0.3) is 11.3 Å². The molecular formula is C22H23N3O6. The van der Waals surface area contributed by atoms with Gasteiger partial charge in [-0.25, -0.2) is 0 Å². The Morgan fingerprint density at radius 1 is 1.03 bits per heavy atom. The topological polar surface area (TPSA) is 119 Å². The number of benzene rings is 2. The Kier molecular flexibility index (Phi) is 6.15. The fourth-order valence-electron chi connectivity index (χ4n) is 3.50. The summed E-state index contributed by atoms with van der Waals surface area (Å²) in [6.45, 7) is 2.18. The van der Waals surface area contributed by atoms with Crippen LogP contribution >= 0.6 is 0 Å². The van der Waals surface area contributed by atoms with Gasteiger partial charge in [0.25, 0.3) is 11.6 Å². The van der Waals surface area contributed by atoms with Gasteiger partial charge in [-0.3, -0.25) is 14.9 Å². The summed E-state index contributed by atoms with van der Waals surface area (Å²) in [4.78, 5) is 22.5. The first-order valence-electron chi connectivity index (χ1n) is 9.34. The Labute approximate surface area is 179 Å². The van der Waals surface area contributed by atoms with E-state index in [4.69, 9.17) is 19.9 Å². The van der Waals surface area contributed by atoms with Gasteiger partial charge in [0, 0.05) is 30.1 Å². The molecule has 1 amide bonds. The lowest BCUT2D eigenvalue weighted by Gasteiger charge is -2.17. The summed E-state index contributed by atoms with van der Waals surface area (Å²) in [5.41, 5.74) is 8.86. The molecular weight excluding hydrogens is 402 g/mol. The highest BCUT2D eigenvalue weighted by atomic mass is 16.6. The molecule has 162 valence electrons. The van der Waals surface area contributed by atoms with Crippen LogP contribution in [0.4, 0.5) is 5.69 Å². The lowest BCUT2D eigenvalue weighted by Crippen LogP contribution is -2.13. The predicted molar refractivity (Wildman–Crippen MR) is 115 cm³/mol. The van der Waals surface area contributed by atoms with Gasteiger partial charge < -0.3 is 24.5 Å². The third-order valence-corrected chi connectivity index (χ3v) is 5.07. The molecule has 0 unspecified atom stereocenters. The smallest absolute Gasteiger partial charge is 0.269 e. The van der Waals surface area contributed by atoms with Gasteiger partial charge >= 0.3 is 0 Å². The molecule has 0 radical (unpaired) electrons. The molecule has 0 aliphatic carbocycles. The van der Waals surface area contributed by atoms with Crippen molar-refractivity contribution in [2.75, 3.05) is 21.3 Å². The Morgan fingerprint density at radius 2 is 1.61 bits per heavy atom. The second kappa shape index (κ2) is 8.78. The summed E-state index contributed by atoms with van der Waals surface area (Å²) in [7, 11) is 4.60. The van der Waals surface area contributed by atoms with E-state index in [1.165, 1.54) is 33.5 Å². The van der Waals surface area contributed by atoms with Gasteiger partial charge in [0.05, 0.1) is 31.8 Å². The molecule has 1 aromatic heterocycles. The number of hydrogen-bond donors (Lipinski definition) is 1. The van der Waals surface area contributed by atoms with E-state index in [1.54, 1.807) is 25.1 Å². The van der Waals surface area contributed by atoms with Gasteiger partial charge in [-0.1, -0.05) is 0 Å². The van der Waals surface area contributed by atoms with Crippen molar-refractivity contribution in [2.45, 2.75) is 13.5 Å². The molecule has 9 nitrogen and oxygen atoms in total. The number of nitro benzene ring substituents is 1.